The molecule has 1 N–H and O–H groups in total. The van der Waals surface area contributed by atoms with Crippen LogP contribution in [0.1, 0.15) is 48.6 Å². The Bertz CT molecular complexity index is 1060. The van der Waals surface area contributed by atoms with Gasteiger partial charge in [0, 0.05) is 18.3 Å². The van der Waals surface area contributed by atoms with E-state index in [1.54, 1.807) is 24.3 Å². The first-order chi connectivity index (χ1) is 14.9. The van der Waals surface area contributed by atoms with E-state index in [1.165, 1.54) is 24.2 Å². The molecule has 162 valence electrons. The molecule has 0 radical (unpaired) electrons. The van der Waals surface area contributed by atoms with Crippen LogP contribution in [0.2, 0.25) is 0 Å². The summed E-state index contributed by atoms with van der Waals surface area (Å²) in [6, 6.07) is 14.9. The molecule has 31 heavy (non-hydrogen) atoms. The van der Waals surface area contributed by atoms with Crippen LogP contribution in [0.25, 0.3) is 0 Å². The SMILES string of the molecule is CCc1ccc(OC(C)c2nnc(SCC(=O)Nc3cccc(C(C)=O)c3)n2C)cc1. The summed E-state index contributed by atoms with van der Waals surface area (Å²) in [5.74, 6) is 1.39. The quantitative estimate of drug-likeness (QED) is 0.392. The van der Waals surface area contributed by atoms with Gasteiger partial charge in [0.2, 0.25) is 5.91 Å². The number of aromatic nitrogens is 3. The van der Waals surface area contributed by atoms with E-state index in [9.17, 15) is 9.59 Å². The minimum Gasteiger partial charge on any atom is -0.483 e. The Hall–Kier alpha value is -3.13. The van der Waals surface area contributed by atoms with Crippen molar-refractivity contribution in [3.05, 3.63) is 65.5 Å². The van der Waals surface area contributed by atoms with Gasteiger partial charge in [-0.2, -0.15) is 0 Å². The van der Waals surface area contributed by atoms with E-state index in [-0.39, 0.29) is 23.5 Å². The van der Waals surface area contributed by atoms with E-state index in [4.69, 9.17) is 4.74 Å². The van der Waals surface area contributed by atoms with Crippen molar-refractivity contribution >= 4 is 29.1 Å². The molecular weight excluding hydrogens is 412 g/mol. The van der Waals surface area contributed by atoms with E-state index in [0.717, 1.165) is 12.2 Å². The zero-order chi connectivity index (χ0) is 22.4. The maximum absolute atomic E-state index is 12.3. The molecule has 0 saturated carbocycles. The minimum absolute atomic E-state index is 0.0465. The van der Waals surface area contributed by atoms with Crippen LogP contribution >= 0.6 is 11.8 Å². The maximum Gasteiger partial charge on any atom is 0.234 e. The van der Waals surface area contributed by atoms with Crippen molar-refractivity contribution in [2.75, 3.05) is 11.1 Å². The highest BCUT2D eigenvalue weighted by molar-refractivity contribution is 7.99. The molecule has 0 fully saturated rings. The van der Waals surface area contributed by atoms with E-state index in [2.05, 4.69) is 22.4 Å². The Morgan fingerprint density at radius 3 is 2.58 bits per heavy atom. The highest BCUT2D eigenvalue weighted by Gasteiger charge is 2.18. The number of carbonyl (C=O) groups excluding carboxylic acids is 2. The van der Waals surface area contributed by atoms with Gasteiger partial charge in [-0.25, -0.2) is 0 Å². The van der Waals surface area contributed by atoms with Crippen molar-refractivity contribution < 1.29 is 14.3 Å². The molecule has 2 aromatic carbocycles. The van der Waals surface area contributed by atoms with Crippen molar-refractivity contribution in [3.63, 3.8) is 0 Å². The van der Waals surface area contributed by atoms with Gasteiger partial charge < -0.3 is 14.6 Å². The fraction of sp³-hybridized carbons (Fsp3) is 0.304. The van der Waals surface area contributed by atoms with Gasteiger partial charge >= 0.3 is 0 Å². The van der Waals surface area contributed by atoms with E-state index in [1.807, 2.05) is 42.8 Å². The fourth-order valence-electron chi connectivity index (χ4n) is 3.01. The molecule has 1 amide bonds. The van der Waals surface area contributed by atoms with Gasteiger partial charge in [-0.3, -0.25) is 9.59 Å². The van der Waals surface area contributed by atoms with Gasteiger partial charge in [0.1, 0.15) is 5.75 Å². The molecule has 0 aliphatic carbocycles. The Morgan fingerprint density at radius 1 is 1.16 bits per heavy atom. The molecule has 0 spiro atoms. The highest BCUT2D eigenvalue weighted by Crippen LogP contribution is 2.24. The Labute approximate surface area is 186 Å². The zero-order valence-corrected chi connectivity index (χ0v) is 18.9. The van der Waals surface area contributed by atoms with E-state index >= 15 is 0 Å². The number of Topliss-reactive ketones (excluding diaryl/α,β-unsaturated/α-hetero) is 1. The first-order valence-corrected chi connectivity index (χ1v) is 11.0. The second kappa shape index (κ2) is 10.3. The summed E-state index contributed by atoms with van der Waals surface area (Å²) in [5, 5.41) is 11.9. The molecular formula is C23H26N4O3S. The van der Waals surface area contributed by atoms with Crippen LogP contribution in [0, 0.1) is 0 Å². The summed E-state index contributed by atoms with van der Waals surface area (Å²) in [5.41, 5.74) is 2.40. The van der Waals surface area contributed by atoms with Crippen LogP contribution in [-0.4, -0.2) is 32.2 Å². The predicted octanol–water partition coefficient (Wildman–Crippen LogP) is 4.45. The summed E-state index contributed by atoms with van der Waals surface area (Å²) in [6.07, 6.45) is 0.692. The largest absolute Gasteiger partial charge is 0.483 e. The number of hydrogen-bond donors (Lipinski definition) is 1. The van der Waals surface area contributed by atoms with E-state index < -0.39 is 0 Å². The van der Waals surface area contributed by atoms with Crippen molar-refractivity contribution in [1.82, 2.24) is 14.8 Å². The molecule has 1 heterocycles. The minimum atomic E-state index is -0.289. The van der Waals surface area contributed by atoms with Crippen LogP contribution in [0.15, 0.2) is 53.7 Å². The Morgan fingerprint density at radius 2 is 1.90 bits per heavy atom. The number of nitrogens with one attached hydrogen (secondary N) is 1. The van der Waals surface area contributed by atoms with Gasteiger partial charge in [-0.1, -0.05) is 43.0 Å². The van der Waals surface area contributed by atoms with Gasteiger partial charge in [-0.05, 0) is 50.1 Å². The number of anilines is 1. The number of amides is 1. The lowest BCUT2D eigenvalue weighted by molar-refractivity contribution is -0.113. The van der Waals surface area contributed by atoms with Gasteiger partial charge in [-0.15, -0.1) is 10.2 Å². The average molecular weight is 439 g/mol. The third-order valence-electron chi connectivity index (χ3n) is 4.76. The third kappa shape index (κ3) is 5.95. The molecule has 3 aromatic rings. The summed E-state index contributed by atoms with van der Waals surface area (Å²) in [6.45, 7) is 5.52. The van der Waals surface area contributed by atoms with Gasteiger partial charge in [0.25, 0.3) is 0 Å². The van der Waals surface area contributed by atoms with Crippen LogP contribution in [0.4, 0.5) is 5.69 Å². The number of ketones is 1. The molecule has 1 atom stereocenters. The number of benzene rings is 2. The number of carbonyl (C=O) groups is 2. The van der Waals surface area contributed by atoms with Crippen LogP contribution in [-0.2, 0) is 18.3 Å². The molecule has 7 nitrogen and oxygen atoms in total. The normalized spacial score (nSPS) is 11.7. The fourth-order valence-corrected chi connectivity index (χ4v) is 3.73. The molecule has 0 aliphatic rings. The smallest absolute Gasteiger partial charge is 0.234 e. The van der Waals surface area contributed by atoms with Crippen molar-refractivity contribution in [2.24, 2.45) is 7.05 Å². The first-order valence-electron chi connectivity index (χ1n) is 10.1. The summed E-state index contributed by atoms with van der Waals surface area (Å²) in [7, 11) is 1.85. The van der Waals surface area contributed by atoms with Crippen molar-refractivity contribution in [2.45, 2.75) is 38.5 Å². The molecule has 1 unspecified atom stereocenters. The Kier molecular flexibility index (Phi) is 7.46. The number of ether oxygens (including phenoxy) is 1. The lowest BCUT2D eigenvalue weighted by atomic mass is 10.1. The number of thioether (sulfide) groups is 1. The van der Waals surface area contributed by atoms with Gasteiger partial charge in [0.05, 0.1) is 5.75 Å². The van der Waals surface area contributed by atoms with Crippen molar-refractivity contribution in [3.8, 4) is 5.75 Å². The van der Waals surface area contributed by atoms with Crippen LogP contribution in [0.3, 0.4) is 0 Å². The average Bonchev–Trinajstić information content (AvgIpc) is 3.13. The predicted molar refractivity (Wildman–Crippen MR) is 122 cm³/mol. The topological polar surface area (TPSA) is 86.1 Å². The first kappa shape index (κ1) is 22.6. The molecule has 3 rings (SSSR count). The second-order valence-electron chi connectivity index (χ2n) is 7.13. The molecule has 8 heteroatoms. The lowest BCUT2D eigenvalue weighted by Crippen LogP contribution is -2.15. The second-order valence-corrected chi connectivity index (χ2v) is 8.07. The third-order valence-corrected chi connectivity index (χ3v) is 5.78. The zero-order valence-electron chi connectivity index (χ0n) is 18.1. The lowest BCUT2D eigenvalue weighted by Gasteiger charge is -2.14. The van der Waals surface area contributed by atoms with Crippen molar-refractivity contribution in [1.29, 1.82) is 0 Å². The number of rotatable bonds is 9. The highest BCUT2D eigenvalue weighted by atomic mass is 32.2. The van der Waals surface area contributed by atoms with Crippen LogP contribution in [0.5, 0.6) is 5.75 Å². The monoisotopic (exact) mass is 438 g/mol. The summed E-state index contributed by atoms with van der Waals surface area (Å²) in [4.78, 5) is 23.8. The van der Waals surface area contributed by atoms with Crippen LogP contribution < -0.4 is 10.1 Å². The standard InChI is InChI=1S/C23H26N4O3S/c1-5-17-9-11-20(12-10-17)30-16(3)22-25-26-23(27(22)4)31-14-21(29)24-19-8-6-7-18(13-19)15(2)28/h6-13,16H,5,14H2,1-4H3,(H,24,29). The van der Waals surface area contributed by atoms with Gasteiger partial charge in [0.15, 0.2) is 22.9 Å². The number of nitrogens with zero attached hydrogens (tertiary/aromatic N) is 3. The number of hydrogen-bond acceptors (Lipinski definition) is 6. The molecule has 0 aliphatic heterocycles. The maximum atomic E-state index is 12.3. The molecule has 1 aromatic heterocycles. The summed E-state index contributed by atoms with van der Waals surface area (Å²) >= 11 is 1.29. The summed E-state index contributed by atoms with van der Waals surface area (Å²) < 4.78 is 7.82. The Balaban J connectivity index is 1.57. The number of aryl methyl sites for hydroxylation is 1. The van der Waals surface area contributed by atoms with E-state index in [0.29, 0.717) is 22.2 Å². The molecule has 0 bridgehead atoms. The molecule has 0 saturated heterocycles.